The Hall–Kier alpha value is -2.93. The summed E-state index contributed by atoms with van der Waals surface area (Å²) in [6, 6.07) is 15.7. The summed E-state index contributed by atoms with van der Waals surface area (Å²) >= 11 is 1.51. The molecule has 6 nitrogen and oxygen atoms in total. The van der Waals surface area contributed by atoms with Gasteiger partial charge in [-0.2, -0.15) is 9.61 Å². The van der Waals surface area contributed by atoms with Gasteiger partial charge in [0, 0.05) is 11.1 Å². The topological polar surface area (TPSA) is 61.5 Å². The highest BCUT2D eigenvalue weighted by atomic mass is 32.1. The minimum Gasteiger partial charge on any atom is -0.497 e. The van der Waals surface area contributed by atoms with E-state index in [1.54, 1.807) is 11.6 Å². The Kier molecular flexibility index (Phi) is 4.53. The first-order valence-electron chi connectivity index (χ1n) is 8.38. The van der Waals surface area contributed by atoms with Crippen molar-refractivity contribution in [1.82, 2.24) is 19.8 Å². The minimum absolute atomic E-state index is 0.716. The second kappa shape index (κ2) is 7.13. The van der Waals surface area contributed by atoms with Crippen LogP contribution in [0, 0.1) is 0 Å². The Morgan fingerprint density at radius 2 is 1.62 bits per heavy atom. The molecule has 2 aromatic carbocycles. The van der Waals surface area contributed by atoms with Crippen LogP contribution in [-0.4, -0.2) is 33.5 Å². The summed E-state index contributed by atoms with van der Waals surface area (Å²) in [7, 11) is 1.65. The van der Waals surface area contributed by atoms with Crippen molar-refractivity contribution in [2.24, 2.45) is 0 Å². The SMILES string of the molecule is CCCOc1ccc(-c2nn3c(-c4ccc(OC)cc4)nnc3s2)cc1. The van der Waals surface area contributed by atoms with Crippen LogP contribution >= 0.6 is 11.3 Å². The lowest BCUT2D eigenvalue weighted by Crippen LogP contribution is -1.94. The van der Waals surface area contributed by atoms with E-state index in [9.17, 15) is 0 Å². The highest BCUT2D eigenvalue weighted by molar-refractivity contribution is 7.19. The van der Waals surface area contributed by atoms with E-state index in [4.69, 9.17) is 14.6 Å². The van der Waals surface area contributed by atoms with Gasteiger partial charge in [-0.05, 0) is 55.0 Å². The average molecular weight is 366 g/mol. The van der Waals surface area contributed by atoms with Gasteiger partial charge in [0.25, 0.3) is 0 Å². The van der Waals surface area contributed by atoms with E-state index in [1.165, 1.54) is 11.3 Å². The maximum Gasteiger partial charge on any atom is 0.235 e. The van der Waals surface area contributed by atoms with Gasteiger partial charge in [0.15, 0.2) is 5.82 Å². The van der Waals surface area contributed by atoms with Crippen LogP contribution in [0.2, 0.25) is 0 Å². The summed E-state index contributed by atoms with van der Waals surface area (Å²) in [6.07, 6.45) is 0.993. The summed E-state index contributed by atoms with van der Waals surface area (Å²) in [4.78, 5) is 0.761. The Labute approximate surface area is 155 Å². The molecule has 0 radical (unpaired) electrons. The summed E-state index contributed by atoms with van der Waals surface area (Å²) < 4.78 is 12.6. The molecule has 26 heavy (non-hydrogen) atoms. The van der Waals surface area contributed by atoms with Crippen molar-refractivity contribution >= 4 is 16.3 Å². The molecule has 0 spiro atoms. The monoisotopic (exact) mass is 366 g/mol. The lowest BCUT2D eigenvalue weighted by molar-refractivity contribution is 0.317. The molecule has 0 aliphatic rings. The number of ether oxygens (including phenoxy) is 2. The quantitative estimate of drug-likeness (QED) is 0.509. The van der Waals surface area contributed by atoms with E-state index in [2.05, 4.69) is 17.1 Å². The third-order valence-electron chi connectivity index (χ3n) is 3.91. The van der Waals surface area contributed by atoms with Crippen LogP contribution in [0.4, 0.5) is 0 Å². The van der Waals surface area contributed by atoms with Crippen molar-refractivity contribution in [2.75, 3.05) is 13.7 Å². The van der Waals surface area contributed by atoms with Gasteiger partial charge in [0.05, 0.1) is 13.7 Å². The summed E-state index contributed by atoms with van der Waals surface area (Å²) in [5, 5.41) is 14.1. The molecule has 0 aliphatic carbocycles. The number of aromatic nitrogens is 4. The molecular weight excluding hydrogens is 348 g/mol. The molecule has 0 amide bonds. The molecule has 2 aromatic heterocycles. The van der Waals surface area contributed by atoms with Gasteiger partial charge in [0.1, 0.15) is 16.5 Å². The summed E-state index contributed by atoms with van der Waals surface area (Å²) in [5.41, 5.74) is 1.98. The Balaban J connectivity index is 1.64. The number of fused-ring (bicyclic) bond motifs is 1. The second-order valence-corrected chi connectivity index (χ2v) is 6.68. The predicted octanol–water partition coefficient (Wildman–Crippen LogP) is 4.32. The fourth-order valence-corrected chi connectivity index (χ4v) is 3.41. The van der Waals surface area contributed by atoms with Gasteiger partial charge in [-0.3, -0.25) is 0 Å². The Morgan fingerprint density at radius 1 is 0.923 bits per heavy atom. The molecule has 132 valence electrons. The Morgan fingerprint density at radius 3 is 2.31 bits per heavy atom. The van der Waals surface area contributed by atoms with E-state index < -0.39 is 0 Å². The van der Waals surface area contributed by atoms with Crippen LogP contribution in [0.25, 0.3) is 26.9 Å². The van der Waals surface area contributed by atoms with Gasteiger partial charge < -0.3 is 9.47 Å². The fraction of sp³-hybridized carbons (Fsp3) is 0.211. The molecule has 0 saturated carbocycles. The van der Waals surface area contributed by atoms with Gasteiger partial charge >= 0.3 is 0 Å². The average Bonchev–Trinajstić information content (AvgIpc) is 3.28. The molecule has 0 unspecified atom stereocenters. The Bertz CT molecular complexity index is 1010. The molecule has 4 rings (SSSR count). The lowest BCUT2D eigenvalue weighted by Gasteiger charge is -2.04. The zero-order valence-electron chi connectivity index (χ0n) is 14.5. The number of nitrogens with zero attached hydrogens (tertiary/aromatic N) is 4. The van der Waals surface area contributed by atoms with Crippen molar-refractivity contribution in [2.45, 2.75) is 13.3 Å². The summed E-state index contributed by atoms with van der Waals surface area (Å²) in [6.45, 7) is 2.81. The maximum atomic E-state index is 5.63. The number of methoxy groups -OCH3 is 1. The first-order chi connectivity index (χ1) is 12.8. The van der Waals surface area contributed by atoms with Crippen LogP contribution in [0.15, 0.2) is 48.5 Å². The van der Waals surface area contributed by atoms with Gasteiger partial charge in [-0.15, -0.1) is 10.2 Å². The standard InChI is InChI=1S/C19H18N4O2S/c1-3-12-25-16-10-6-14(7-11-16)18-22-23-17(20-21-19(23)26-18)13-4-8-15(24-2)9-5-13/h4-11H,3,12H2,1-2H3. The van der Waals surface area contributed by atoms with E-state index in [-0.39, 0.29) is 0 Å². The van der Waals surface area contributed by atoms with Crippen molar-refractivity contribution in [3.05, 3.63) is 48.5 Å². The van der Waals surface area contributed by atoms with Crippen molar-refractivity contribution < 1.29 is 9.47 Å². The molecule has 0 N–H and O–H groups in total. The zero-order chi connectivity index (χ0) is 17.9. The fourth-order valence-electron chi connectivity index (χ4n) is 2.57. The molecule has 0 saturated heterocycles. The van der Waals surface area contributed by atoms with Crippen LogP contribution in [0.5, 0.6) is 11.5 Å². The molecular formula is C19H18N4O2S. The largest absolute Gasteiger partial charge is 0.497 e. The molecule has 0 bridgehead atoms. The lowest BCUT2D eigenvalue weighted by atomic mass is 10.2. The van der Waals surface area contributed by atoms with Crippen molar-refractivity contribution in [3.8, 4) is 33.5 Å². The van der Waals surface area contributed by atoms with Crippen LogP contribution in [0.1, 0.15) is 13.3 Å². The van der Waals surface area contributed by atoms with E-state index >= 15 is 0 Å². The molecule has 7 heteroatoms. The van der Waals surface area contributed by atoms with Crippen LogP contribution in [0.3, 0.4) is 0 Å². The molecule has 0 fully saturated rings. The van der Waals surface area contributed by atoms with E-state index in [1.807, 2.05) is 48.5 Å². The minimum atomic E-state index is 0.716. The number of rotatable bonds is 6. The van der Waals surface area contributed by atoms with E-state index in [0.717, 1.165) is 45.6 Å². The molecule has 2 heterocycles. The zero-order valence-corrected chi connectivity index (χ0v) is 15.4. The smallest absolute Gasteiger partial charge is 0.235 e. The highest BCUT2D eigenvalue weighted by Gasteiger charge is 2.14. The molecule has 0 atom stereocenters. The van der Waals surface area contributed by atoms with Crippen molar-refractivity contribution in [3.63, 3.8) is 0 Å². The summed E-state index contributed by atoms with van der Waals surface area (Å²) in [5.74, 6) is 2.39. The first kappa shape index (κ1) is 16.5. The number of hydrogen-bond donors (Lipinski definition) is 0. The van der Waals surface area contributed by atoms with Crippen LogP contribution in [-0.2, 0) is 0 Å². The van der Waals surface area contributed by atoms with Crippen LogP contribution < -0.4 is 9.47 Å². The third kappa shape index (κ3) is 3.13. The van der Waals surface area contributed by atoms with E-state index in [0.29, 0.717) is 5.82 Å². The van der Waals surface area contributed by atoms with Gasteiger partial charge in [0.2, 0.25) is 4.96 Å². The molecule has 0 aliphatic heterocycles. The third-order valence-corrected chi connectivity index (χ3v) is 4.86. The first-order valence-corrected chi connectivity index (χ1v) is 9.20. The van der Waals surface area contributed by atoms with Gasteiger partial charge in [-0.25, -0.2) is 0 Å². The molecule has 4 aromatic rings. The highest BCUT2D eigenvalue weighted by Crippen LogP contribution is 2.29. The maximum absolute atomic E-state index is 5.63. The number of benzene rings is 2. The number of hydrogen-bond acceptors (Lipinski definition) is 6. The van der Waals surface area contributed by atoms with Gasteiger partial charge in [-0.1, -0.05) is 18.3 Å². The van der Waals surface area contributed by atoms with Crippen molar-refractivity contribution in [1.29, 1.82) is 0 Å². The normalized spacial score (nSPS) is 11.0. The second-order valence-electron chi connectivity index (χ2n) is 5.73. The predicted molar refractivity (Wildman–Crippen MR) is 102 cm³/mol.